The van der Waals surface area contributed by atoms with Crippen LogP contribution in [0.4, 0.5) is 4.39 Å². The summed E-state index contributed by atoms with van der Waals surface area (Å²) in [5.74, 6) is 4.38. The maximum absolute atomic E-state index is 13.7. The first-order valence-corrected chi connectivity index (χ1v) is 13.3. The Kier molecular flexibility index (Phi) is 7.15. The van der Waals surface area contributed by atoms with Crippen molar-refractivity contribution < 1.29 is 18.8 Å². The summed E-state index contributed by atoms with van der Waals surface area (Å²) in [5.41, 5.74) is 1.91. The summed E-state index contributed by atoms with van der Waals surface area (Å²) in [6, 6.07) is 9.60. The quantitative estimate of drug-likeness (QED) is 0.302. The summed E-state index contributed by atoms with van der Waals surface area (Å²) in [7, 11) is 0. The molecule has 0 saturated carbocycles. The van der Waals surface area contributed by atoms with Crippen LogP contribution in [0.25, 0.3) is 10.9 Å². The number of likely N-dealkylation sites (tertiary alicyclic amines) is 1. The number of amides is 2. The van der Waals surface area contributed by atoms with Gasteiger partial charge in [0.15, 0.2) is 0 Å². The summed E-state index contributed by atoms with van der Waals surface area (Å²) < 4.78 is 14.6. The predicted octanol–water partition coefficient (Wildman–Crippen LogP) is 3.86. The maximum Gasteiger partial charge on any atom is 0.295 e. The summed E-state index contributed by atoms with van der Waals surface area (Å²) in [6.45, 7) is 6.93. The highest BCUT2D eigenvalue weighted by Crippen LogP contribution is 2.31. The van der Waals surface area contributed by atoms with Gasteiger partial charge in [-0.05, 0) is 56.5 Å². The number of carbonyl (C=O) groups is 3. The van der Waals surface area contributed by atoms with Crippen molar-refractivity contribution in [2.45, 2.75) is 38.8 Å². The SMILES string of the molecule is CC(c1ccc(F)cc1)N1CCN(C(=O)c2cc3c(C(=O)C(=O)N4CCCC4)cn(N)c3cc2Cl)C(C)C1. The molecule has 38 heavy (non-hydrogen) atoms. The number of rotatable bonds is 5. The van der Waals surface area contributed by atoms with Gasteiger partial charge in [0.1, 0.15) is 5.82 Å². The average molecular weight is 540 g/mol. The molecule has 0 bridgehead atoms. The number of aromatic nitrogens is 1. The summed E-state index contributed by atoms with van der Waals surface area (Å²) in [5, 5.41) is 0.653. The van der Waals surface area contributed by atoms with Gasteiger partial charge < -0.3 is 15.6 Å². The molecule has 0 aliphatic carbocycles. The van der Waals surface area contributed by atoms with Crippen molar-refractivity contribution in [3.05, 3.63) is 70.1 Å². The number of nitrogen functional groups attached to an aromatic ring is 1. The van der Waals surface area contributed by atoms with E-state index >= 15 is 0 Å². The van der Waals surface area contributed by atoms with Crippen molar-refractivity contribution in [3.8, 4) is 0 Å². The molecule has 10 heteroatoms. The van der Waals surface area contributed by atoms with Gasteiger partial charge >= 0.3 is 0 Å². The third-order valence-corrected chi connectivity index (χ3v) is 8.12. The van der Waals surface area contributed by atoms with Crippen LogP contribution in [-0.2, 0) is 4.79 Å². The summed E-state index contributed by atoms with van der Waals surface area (Å²) >= 11 is 6.55. The van der Waals surface area contributed by atoms with E-state index in [1.807, 2.05) is 6.92 Å². The number of piperazine rings is 1. The minimum absolute atomic E-state index is 0.0706. The molecule has 3 heterocycles. The second-order valence-electron chi connectivity index (χ2n) is 10.2. The van der Waals surface area contributed by atoms with E-state index in [-0.39, 0.29) is 40.0 Å². The van der Waals surface area contributed by atoms with Gasteiger partial charge in [-0.1, -0.05) is 23.7 Å². The zero-order chi connectivity index (χ0) is 27.1. The Morgan fingerprint density at radius 3 is 2.37 bits per heavy atom. The van der Waals surface area contributed by atoms with Crippen molar-refractivity contribution in [3.63, 3.8) is 0 Å². The minimum atomic E-state index is -0.640. The topological polar surface area (TPSA) is 91.9 Å². The smallest absolute Gasteiger partial charge is 0.295 e. The van der Waals surface area contributed by atoms with Crippen LogP contribution in [0, 0.1) is 5.82 Å². The molecular weight excluding hydrogens is 509 g/mol. The first-order chi connectivity index (χ1) is 18.2. The second-order valence-corrected chi connectivity index (χ2v) is 10.6. The minimum Gasteiger partial charge on any atom is -0.339 e. The molecule has 2 N–H and O–H groups in total. The zero-order valence-corrected chi connectivity index (χ0v) is 22.2. The molecule has 8 nitrogen and oxygen atoms in total. The Balaban J connectivity index is 1.38. The van der Waals surface area contributed by atoms with E-state index in [0.717, 1.165) is 18.4 Å². The highest BCUT2D eigenvalue weighted by atomic mass is 35.5. The lowest BCUT2D eigenvalue weighted by Crippen LogP contribution is -2.54. The molecule has 2 aromatic carbocycles. The van der Waals surface area contributed by atoms with E-state index in [0.29, 0.717) is 43.6 Å². The lowest BCUT2D eigenvalue weighted by molar-refractivity contribution is -0.125. The number of hydrogen-bond donors (Lipinski definition) is 1. The Morgan fingerprint density at radius 2 is 1.71 bits per heavy atom. The highest BCUT2D eigenvalue weighted by molar-refractivity contribution is 6.45. The van der Waals surface area contributed by atoms with Gasteiger partial charge in [0, 0.05) is 56.4 Å². The largest absolute Gasteiger partial charge is 0.339 e. The second kappa shape index (κ2) is 10.4. The number of nitrogens with zero attached hydrogens (tertiary/aromatic N) is 4. The van der Waals surface area contributed by atoms with Crippen LogP contribution in [0.15, 0.2) is 42.6 Å². The molecule has 1 aromatic heterocycles. The molecule has 200 valence electrons. The fourth-order valence-electron chi connectivity index (χ4n) is 5.54. The number of fused-ring (bicyclic) bond motifs is 1. The molecular formula is C28H31ClFN5O3. The first kappa shape index (κ1) is 26.2. The Labute approximate surface area is 225 Å². The van der Waals surface area contributed by atoms with Crippen LogP contribution in [0.3, 0.4) is 0 Å². The van der Waals surface area contributed by atoms with Gasteiger partial charge in [-0.25, -0.2) is 4.39 Å². The number of carbonyl (C=O) groups excluding carboxylic acids is 3. The van der Waals surface area contributed by atoms with Gasteiger partial charge in [-0.3, -0.25) is 24.0 Å². The van der Waals surface area contributed by atoms with Crippen LogP contribution in [0.5, 0.6) is 0 Å². The Bertz CT molecular complexity index is 1400. The Morgan fingerprint density at radius 1 is 1.03 bits per heavy atom. The number of halogens is 2. The first-order valence-electron chi connectivity index (χ1n) is 12.9. The molecule has 2 amide bonds. The van der Waals surface area contributed by atoms with Gasteiger partial charge in [0.05, 0.1) is 21.7 Å². The fourth-order valence-corrected chi connectivity index (χ4v) is 5.78. The number of nitrogens with two attached hydrogens (primary N) is 1. The Hall–Kier alpha value is -3.43. The average Bonchev–Trinajstić information content (AvgIpc) is 3.55. The van der Waals surface area contributed by atoms with Crippen molar-refractivity contribution in [1.82, 2.24) is 19.4 Å². The van der Waals surface area contributed by atoms with E-state index < -0.39 is 11.7 Å². The third kappa shape index (κ3) is 4.76. The van der Waals surface area contributed by atoms with Gasteiger partial charge in [0.25, 0.3) is 17.6 Å². The molecule has 2 fully saturated rings. The van der Waals surface area contributed by atoms with Gasteiger partial charge in [0.2, 0.25) is 0 Å². The van der Waals surface area contributed by atoms with Gasteiger partial charge in [-0.15, -0.1) is 0 Å². The third-order valence-electron chi connectivity index (χ3n) is 7.80. The van der Waals surface area contributed by atoms with E-state index in [1.165, 1.54) is 23.0 Å². The molecule has 0 spiro atoms. The van der Waals surface area contributed by atoms with Crippen molar-refractivity contribution >= 4 is 40.1 Å². The van der Waals surface area contributed by atoms with Crippen LogP contribution in [0.2, 0.25) is 5.02 Å². The standard InChI is InChI=1S/C28H31ClFN5O3/c1-17-15-33(18(2)19-5-7-20(30)8-6-19)11-12-34(17)27(37)22-13-21-23(16-35(31)25(21)14-24(22)29)26(36)28(38)32-9-3-4-10-32/h5-8,13-14,16-18H,3-4,9-12,15,31H2,1-2H3. The van der Waals surface area contributed by atoms with E-state index in [1.54, 1.807) is 34.1 Å². The molecule has 0 radical (unpaired) electrons. The molecule has 2 aliphatic heterocycles. The fraction of sp³-hybridized carbons (Fsp3) is 0.393. The molecule has 2 atom stereocenters. The van der Waals surface area contributed by atoms with E-state index in [4.69, 9.17) is 17.4 Å². The van der Waals surface area contributed by atoms with Crippen LogP contribution in [-0.4, -0.2) is 75.7 Å². The molecule has 2 aliphatic rings. The molecule has 5 rings (SSSR count). The van der Waals surface area contributed by atoms with Crippen molar-refractivity contribution in [2.75, 3.05) is 38.6 Å². The van der Waals surface area contributed by atoms with E-state index in [2.05, 4.69) is 11.8 Å². The number of Topliss-reactive ketones (excluding diaryl/α,β-unsaturated/α-hetero) is 1. The zero-order valence-electron chi connectivity index (χ0n) is 21.5. The van der Waals surface area contributed by atoms with Gasteiger partial charge in [-0.2, -0.15) is 0 Å². The maximum atomic E-state index is 13.7. The monoisotopic (exact) mass is 539 g/mol. The number of ketones is 1. The van der Waals surface area contributed by atoms with E-state index in [9.17, 15) is 18.8 Å². The van der Waals surface area contributed by atoms with Crippen LogP contribution >= 0.6 is 11.6 Å². The predicted molar refractivity (Wildman–Crippen MR) is 144 cm³/mol. The molecule has 2 unspecified atom stereocenters. The summed E-state index contributed by atoms with van der Waals surface area (Å²) in [6.07, 6.45) is 3.17. The van der Waals surface area contributed by atoms with Crippen LogP contribution in [0.1, 0.15) is 59.0 Å². The summed E-state index contributed by atoms with van der Waals surface area (Å²) in [4.78, 5) is 45.1. The highest BCUT2D eigenvalue weighted by Gasteiger charge is 2.33. The molecule has 3 aromatic rings. The van der Waals surface area contributed by atoms with Crippen LogP contribution < -0.4 is 5.84 Å². The van der Waals surface area contributed by atoms with Crippen molar-refractivity contribution in [1.29, 1.82) is 0 Å². The number of hydrogen-bond acceptors (Lipinski definition) is 5. The normalized spacial score (nSPS) is 19.2. The number of benzene rings is 2. The van der Waals surface area contributed by atoms with Crippen molar-refractivity contribution in [2.24, 2.45) is 0 Å². The molecule has 2 saturated heterocycles. The lowest BCUT2D eigenvalue weighted by atomic mass is 10.0. The lowest BCUT2D eigenvalue weighted by Gasteiger charge is -2.42.